The third-order valence-electron chi connectivity index (χ3n) is 1.74. The Morgan fingerprint density at radius 2 is 1.69 bits per heavy atom. The molecule has 0 aliphatic rings. The molecule has 4 heteroatoms. The summed E-state index contributed by atoms with van der Waals surface area (Å²) in [4.78, 5) is 13.7. The van der Waals surface area contributed by atoms with E-state index in [-0.39, 0.29) is 0 Å². The summed E-state index contributed by atoms with van der Waals surface area (Å²) in [5.41, 5.74) is 11.9. The molecule has 0 atom stereocenters. The van der Waals surface area contributed by atoms with Gasteiger partial charge in [-0.3, -0.25) is 4.79 Å². The van der Waals surface area contributed by atoms with Gasteiger partial charge in [0, 0.05) is 5.56 Å². The Morgan fingerprint density at radius 3 is 2.06 bits per heavy atom. The highest BCUT2D eigenvalue weighted by Crippen LogP contribution is 2.00. The van der Waals surface area contributed by atoms with Gasteiger partial charge in [0.1, 0.15) is 12.1 Å². The summed E-state index contributed by atoms with van der Waals surface area (Å²) >= 11 is 0. The van der Waals surface area contributed by atoms with Gasteiger partial charge in [-0.15, -0.1) is 0 Å². The van der Waals surface area contributed by atoms with Crippen LogP contribution in [-0.2, 0) is 0 Å². The summed E-state index contributed by atoms with van der Waals surface area (Å²) in [6.45, 7) is 0. The molecule has 1 aromatic carbocycles. The van der Waals surface area contributed by atoms with E-state index in [2.05, 4.69) is 4.98 Å². The smallest absolute Gasteiger partial charge is 0.150 e. The van der Waals surface area contributed by atoms with Crippen molar-refractivity contribution in [1.82, 2.24) is 4.98 Å². The maximum Gasteiger partial charge on any atom is 0.150 e. The first-order chi connectivity index (χ1) is 7.72. The number of aromatic nitrogens is 1. The second-order valence-corrected chi connectivity index (χ2v) is 3.04. The number of nitrogen functional groups attached to an aromatic ring is 2. The minimum absolute atomic E-state index is 0.499. The van der Waals surface area contributed by atoms with Gasteiger partial charge in [-0.1, -0.05) is 30.3 Å². The quantitative estimate of drug-likeness (QED) is 0.710. The van der Waals surface area contributed by atoms with Crippen LogP contribution >= 0.6 is 0 Å². The number of hydrogen-bond acceptors (Lipinski definition) is 4. The molecule has 1 heterocycles. The van der Waals surface area contributed by atoms with Crippen molar-refractivity contribution in [3.8, 4) is 0 Å². The zero-order valence-corrected chi connectivity index (χ0v) is 8.71. The zero-order chi connectivity index (χ0) is 11.8. The molecule has 82 valence electrons. The molecule has 0 radical (unpaired) electrons. The van der Waals surface area contributed by atoms with E-state index in [1.54, 1.807) is 24.3 Å². The maximum absolute atomic E-state index is 10.0. The van der Waals surface area contributed by atoms with Crippen molar-refractivity contribution in [1.29, 1.82) is 0 Å². The van der Waals surface area contributed by atoms with Gasteiger partial charge in [0.15, 0.2) is 0 Å². The molecule has 0 bridgehead atoms. The molecule has 0 saturated heterocycles. The molecule has 0 spiro atoms. The van der Waals surface area contributed by atoms with E-state index in [1.165, 1.54) is 6.20 Å². The van der Waals surface area contributed by atoms with E-state index in [9.17, 15) is 4.79 Å². The first-order valence-electron chi connectivity index (χ1n) is 4.69. The van der Waals surface area contributed by atoms with E-state index in [1.807, 2.05) is 18.2 Å². The summed E-state index contributed by atoms with van der Waals surface area (Å²) in [6.07, 6.45) is 2.36. The summed E-state index contributed by atoms with van der Waals surface area (Å²) in [6, 6.07) is 12.5. The highest BCUT2D eigenvalue weighted by atomic mass is 16.1. The van der Waals surface area contributed by atoms with Crippen LogP contribution in [0.15, 0.2) is 48.7 Å². The van der Waals surface area contributed by atoms with Gasteiger partial charge in [0.2, 0.25) is 0 Å². The van der Waals surface area contributed by atoms with Crippen molar-refractivity contribution in [3.63, 3.8) is 0 Å². The third-order valence-corrected chi connectivity index (χ3v) is 1.74. The van der Waals surface area contributed by atoms with Crippen LogP contribution in [-0.4, -0.2) is 11.3 Å². The van der Waals surface area contributed by atoms with Crippen LogP contribution in [0.1, 0.15) is 10.4 Å². The van der Waals surface area contributed by atoms with Gasteiger partial charge >= 0.3 is 0 Å². The van der Waals surface area contributed by atoms with Crippen LogP contribution in [0.5, 0.6) is 0 Å². The Hall–Kier alpha value is -2.36. The monoisotopic (exact) mass is 215 g/mol. The Balaban J connectivity index is 0.000000160. The molecule has 16 heavy (non-hydrogen) atoms. The van der Waals surface area contributed by atoms with Crippen LogP contribution in [0, 0.1) is 0 Å². The molecular weight excluding hydrogens is 202 g/mol. The fraction of sp³-hybridized carbons (Fsp3) is 0. The van der Waals surface area contributed by atoms with Gasteiger partial charge in [-0.05, 0) is 12.1 Å². The number of rotatable bonds is 1. The third kappa shape index (κ3) is 4.23. The lowest BCUT2D eigenvalue weighted by Crippen LogP contribution is -1.90. The van der Waals surface area contributed by atoms with Crippen molar-refractivity contribution in [2.24, 2.45) is 0 Å². The number of nitrogens with zero attached hydrogens (tertiary/aromatic N) is 1. The van der Waals surface area contributed by atoms with Crippen molar-refractivity contribution in [2.75, 3.05) is 11.5 Å². The van der Waals surface area contributed by atoms with Crippen molar-refractivity contribution < 1.29 is 4.79 Å². The Bertz CT molecular complexity index is 405. The van der Waals surface area contributed by atoms with E-state index < -0.39 is 0 Å². The second kappa shape index (κ2) is 6.19. The first kappa shape index (κ1) is 11.7. The van der Waals surface area contributed by atoms with Crippen LogP contribution < -0.4 is 11.5 Å². The number of carbonyl (C=O) groups excluding carboxylic acids is 1. The molecule has 0 unspecified atom stereocenters. The number of hydrogen-bond donors (Lipinski definition) is 2. The van der Waals surface area contributed by atoms with Crippen molar-refractivity contribution in [3.05, 3.63) is 54.2 Å². The number of nitrogens with two attached hydrogens (primary N) is 2. The molecule has 1 aromatic heterocycles. The van der Waals surface area contributed by atoms with Crippen LogP contribution in [0.4, 0.5) is 11.5 Å². The molecule has 0 amide bonds. The predicted octanol–water partition coefficient (Wildman–Crippen LogP) is 1.75. The lowest BCUT2D eigenvalue weighted by molar-refractivity contribution is 0.112. The molecule has 4 nitrogen and oxygen atoms in total. The van der Waals surface area contributed by atoms with E-state index in [0.717, 1.165) is 11.8 Å². The summed E-state index contributed by atoms with van der Waals surface area (Å²) in [5.74, 6) is 0.499. The lowest BCUT2D eigenvalue weighted by Gasteiger charge is -1.89. The van der Waals surface area contributed by atoms with E-state index in [0.29, 0.717) is 11.5 Å². The average Bonchev–Trinajstić information content (AvgIpc) is 2.35. The largest absolute Gasteiger partial charge is 0.397 e. The molecule has 0 aliphatic heterocycles. The highest BCUT2D eigenvalue weighted by molar-refractivity contribution is 5.74. The van der Waals surface area contributed by atoms with Gasteiger partial charge in [0.05, 0.1) is 11.9 Å². The Kier molecular flexibility index (Phi) is 4.53. The van der Waals surface area contributed by atoms with E-state index >= 15 is 0 Å². The number of carbonyl (C=O) groups is 1. The lowest BCUT2D eigenvalue weighted by atomic mass is 10.2. The fourth-order valence-electron chi connectivity index (χ4n) is 0.948. The van der Waals surface area contributed by atoms with E-state index in [4.69, 9.17) is 11.5 Å². The van der Waals surface area contributed by atoms with Crippen LogP contribution in [0.2, 0.25) is 0 Å². The molecule has 0 aliphatic carbocycles. The summed E-state index contributed by atoms with van der Waals surface area (Å²) in [7, 11) is 0. The number of pyridine rings is 1. The Labute approximate surface area is 93.9 Å². The average molecular weight is 215 g/mol. The summed E-state index contributed by atoms with van der Waals surface area (Å²) < 4.78 is 0. The summed E-state index contributed by atoms with van der Waals surface area (Å²) in [5, 5.41) is 0. The van der Waals surface area contributed by atoms with Crippen LogP contribution in [0.25, 0.3) is 0 Å². The predicted molar refractivity (Wildman–Crippen MR) is 64.9 cm³/mol. The molecule has 4 N–H and O–H groups in total. The minimum Gasteiger partial charge on any atom is -0.397 e. The highest BCUT2D eigenvalue weighted by Gasteiger charge is 1.82. The van der Waals surface area contributed by atoms with Gasteiger partial charge < -0.3 is 11.5 Å². The number of benzene rings is 1. The molecule has 2 rings (SSSR count). The topological polar surface area (TPSA) is 82.0 Å². The normalized spacial score (nSPS) is 8.75. The molecule has 0 saturated carbocycles. The van der Waals surface area contributed by atoms with Gasteiger partial charge in [0.25, 0.3) is 0 Å². The first-order valence-corrected chi connectivity index (χ1v) is 4.69. The molecule has 2 aromatic rings. The minimum atomic E-state index is 0.499. The number of anilines is 2. The Morgan fingerprint density at radius 1 is 1.00 bits per heavy atom. The zero-order valence-electron chi connectivity index (χ0n) is 8.71. The van der Waals surface area contributed by atoms with Crippen LogP contribution in [0.3, 0.4) is 0 Å². The standard InChI is InChI=1S/C7H6O.C5H7N3/c8-6-7-4-2-1-3-5-7;6-4-1-2-5(7)8-3-4/h1-6H;1-3H,6H2,(H2,7,8). The maximum atomic E-state index is 10.0. The van der Waals surface area contributed by atoms with Gasteiger partial charge in [-0.25, -0.2) is 4.98 Å². The molecular formula is C12H13N3O. The number of aldehydes is 1. The molecule has 0 fully saturated rings. The van der Waals surface area contributed by atoms with Crippen molar-refractivity contribution in [2.45, 2.75) is 0 Å². The fourth-order valence-corrected chi connectivity index (χ4v) is 0.948. The van der Waals surface area contributed by atoms with Gasteiger partial charge in [-0.2, -0.15) is 0 Å². The SMILES string of the molecule is Nc1ccc(N)nc1.O=Cc1ccccc1. The van der Waals surface area contributed by atoms with Crippen molar-refractivity contribution >= 4 is 17.8 Å². The second-order valence-electron chi connectivity index (χ2n) is 3.04.